The summed E-state index contributed by atoms with van der Waals surface area (Å²) in [6.07, 6.45) is 11.2. The molecular formula is C23H30O5. The second kappa shape index (κ2) is 12.3. The Bertz CT molecular complexity index is 675. The fourth-order valence-electron chi connectivity index (χ4n) is 2.98. The maximum atomic E-state index is 10.6. The molecule has 0 amide bonds. The molecule has 0 spiro atoms. The van der Waals surface area contributed by atoms with Gasteiger partial charge in [0.25, 0.3) is 0 Å². The van der Waals surface area contributed by atoms with Crippen molar-refractivity contribution in [2.75, 3.05) is 20.8 Å². The number of methoxy groups -OCH3 is 2. The molecule has 2 rings (SSSR count). The molecule has 0 aromatic heterocycles. The molecule has 0 radical (unpaired) electrons. The summed E-state index contributed by atoms with van der Waals surface area (Å²) in [6, 6.07) is 7.76. The van der Waals surface area contributed by atoms with Crippen molar-refractivity contribution in [1.29, 1.82) is 0 Å². The van der Waals surface area contributed by atoms with Crippen LogP contribution in [0.25, 0.3) is 0 Å². The molecule has 1 aliphatic rings. The smallest absolute Gasteiger partial charge is 0.142 e. The van der Waals surface area contributed by atoms with Crippen LogP contribution in [0.15, 0.2) is 60.2 Å². The lowest BCUT2D eigenvalue weighted by Crippen LogP contribution is -2.29. The minimum atomic E-state index is -0.246. The molecule has 5 nitrogen and oxygen atoms in total. The number of aldehydes is 1. The third-order valence-corrected chi connectivity index (χ3v) is 4.63. The lowest BCUT2D eigenvalue weighted by molar-refractivity contribution is -0.104. The van der Waals surface area contributed by atoms with E-state index in [1.165, 1.54) is 11.6 Å². The Morgan fingerprint density at radius 3 is 2.68 bits per heavy atom. The summed E-state index contributed by atoms with van der Waals surface area (Å²) >= 11 is 0. The summed E-state index contributed by atoms with van der Waals surface area (Å²) in [5.41, 5.74) is 2.37. The molecule has 1 aliphatic heterocycles. The van der Waals surface area contributed by atoms with E-state index in [-0.39, 0.29) is 18.3 Å². The van der Waals surface area contributed by atoms with Crippen LogP contribution in [-0.4, -0.2) is 45.4 Å². The van der Waals surface area contributed by atoms with Gasteiger partial charge in [0, 0.05) is 7.11 Å². The second-order valence-corrected chi connectivity index (χ2v) is 6.71. The Morgan fingerprint density at radius 2 is 2.04 bits per heavy atom. The molecule has 3 unspecified atom stereocenters. The van der Waals surface area contributed by atoms with Gasteiger partial charge in [0.15, 0.2) is 0 Å². The summed E-state index contributed by atoms with van der Waals surface area (Å²) in [4.78, 5) is 10.6. The van der Waals surface area contributed by atoms with E-state index in [0.29, 0.717) is 19.6 Å². The minimum absolute atomic E-state index is 0.0513. The SMILES string of the molecule is COc1ccc(COC(CC=CC=O)C(C=CC2CC(C)=CCO2)OC)cc1. The van der Waals surface area contributed by atoms with E-state index < -0.39 is 0 Å². The van der Waals surface area contributed by atoms with Gasteiger partial charge in [0.1, 0.15) is 18.1 Å². The number of ether oxygens (including phenoxy) is 4. The average Bonchev–Trinajstić information content (AvgIpc) is 2.72. The highest BCUT2D eigenvalue weighted by molar-refractivity contribution is 5.64. The van der Waals surface area contributed by atoms with Gasteiger partial charge in [-0.3, -0.25) is 4.79 Å². The third-order valence-electron chi connectivity index (χ3n) is 4.63. The highest BCUT2D eigenvalue weighted by Crippen LogP contribution is 2.19. The van der Waals surface area contributed by atoms with Gasteiger partial charge in [-0.15, -0.1) is 0 Å². The molecule has 3 atom stereocenters. The monoisotopic (exact) mass is 386 g/mol. The van der Waals surface area contributed by atoms with Gasteiger partial charge in [-0.05, 0) is 43.5 Å². The Labute approximate surface area is 167 Å². The van der Waals surface area contributed by atoms with Crippen LogP contribution in [0, 0.1) is 0 Å². The van der Waals surface area contributed by atoms with Gasteiger partial charge in [0.05, 0.1) is 32.5 Å². The number of hydrogen-bond donors (Lipinski definition) is 0. The molecule has 0 aliphatic carbocycles. The van der Waals surface area contributed by atoms with Crippen LogP contribution in [0.1, 0.15) is 25.3 Å². The highest BCUT2D eigenvalue weighted by atomic mass is 16.5. The lowest BCUT2D eigenvalue weighted by atomic mass is 10.0. The van der Waals surface area contributed by atoms with Crippen LogP contribution in [0.5, 0.6) is 5.75 Å². The van der Waals surface area contributed by atoms with Gasteiger partial charge in [-0.1, -0.05) is 42.0 Å². The quantitative estimate of drug-likeness (QED) is 0.326. The van der Waals surface area contributed by atoms with E-state index in [9.17, 15) is 4.79 Å². The van der Waals surface area contributed by atoms with Crippen molar-refractivity contribution >= 4 is 6.29 Å². The van der Waals surface area contributed by atoms with Crippen molar-refractivity contribution in [1.82, 2.24) is 0 Å². The first-order valence-electron chi connectivity index (χ1n) is 9.49. The largest absolute Gasteiger partial charge is 0.497 e. The van der Waals surface area contributed by atoms with E-state index in [1.54, 1.807) is 20.3 Å². The van der Waals surface area contributed by atoms with Crippen LogP contribution in [0.3, 0.4) is 0 Å². The lowest BCUT2D eigenvalue weighted by Gasteiger charge is -2.24. The second-order valence-electron chi connectivity index (χ2n) is 6.71. The van der Waals surface area contributed by atoms with Crippen LogP contribution in [0.4, 0.5) is 0 Å². The molecule has 0 saturated carbocycles. The first kappa shape index (κ1) is 22.1. The van der Waals surface area contributed by atoms with Crippen LogP contribution < -0.4 is 4.74 Å². The van der Waals surface area contributed by atoms with Crippen molar-refractivity contribution in [3.05, 3.63) is 65.8 Å². The number of hydrogen-bond acceptors (Lipinski definition) is 5. The maximum Gasteiger partial charge on any atom is 0.142 e. The van der Waals surface area contributed by atoms with Gasteiger partial charge in [0.2, 0.25) is 0 Å². The molecule has 0 N–H and O–H groups in total. The number of carbonyl (C=O) groups is 1. The molecule has 0 fully saturated rings. The van der Waals surface area contributed by atoms with E-state index in [1.807, 2.05) is 36.4 Å². The summed E-state index contributed by atoms with van der Waals surface area (Å²) in [7, 11) is 3.30. The summed E-state index contributed by atoms with van der Waals surface area (Å²) in [5, 5.41) is 0. The number of allylic oxidation sites excluding steroid dienone is 1. The van der Waals surface area contributed by atoms with E-state index in [2.05, 4.69) is 13.0 Å². The summed E-state index contributed by atoms with van der Waals surface area (Å²) < 4.78 is 22.7. The zero-order valence-corrected chi connectivity index (χ0v) is 16.9. The van der Waals surface area contributed by atoms with Crippen LogP contribution >= 0.6 is 0 Å². The first-order valence-corrected chi connectivity index (χ1v) is 9.49. The Hall–Kier alpha value is -2.21. The van der Waals surface area contributed by atoms with Crippen molar-refractivity contribution < 1.29 is 23.7 Å². The molecule has 5 heteroatoms. The van der Waals surface area contributed by atoms with Crippen molar-refractivity contribution in [3.63, 3.8) is 0 Å². The van der Waals surface area contributed by atoms with Crippen LogP contribution in [0.2, 0.25) is 0 Å². The van der Waals surface area contributed by atoms with E-state index in [0.717, 1.165) is 24.0 Å². The third kappa shape index (κ3) is 7.43. The molecule has 152 valence electrons. The summed E-state index contributed by atoms with van der Waals surface area (Å²) in [6.45, 7) is 3.19. The number of rotatable bonds is 11. The van der Waals surface area contributed by atoms with Crippen molar-refractivity contribution in [2.24, 2.45) is 0 Å². The van der Waals surface area contributed by atoms with Gasteiger partial charge in [-0.25, -0.2) is 0 Å². The zero-order chi connectivity index (χ0) is 20.2. The fourth-order valence-corrected chi connectivity index (χ4v) is 2.98. The van der Waals surface area contributed by atoms with E-state index in [4.69, 9.17) is 18.9 Å². The zero-order valence-electron chi connectivity index (χ0n) is 16.9. The standard InChI is InChI=1S/C23H30O5/c1-18-13-15-27-21(16-18)11-12-22(26-3)23(6-4-5-14-24)28-17-19-7-9-20(25-2)10-8-19/h4-5,7-14,21-23H,6,15-17H2,1-3H3. The predicted molar refractivity (Wildman–Crippen MR) is 109 cm³/mol. The van der Waals surface area contributed by atoms with Gasteiger partial charge in [-0.2, -0.15) is 0 Å². The van der Waals surface area contributed by atoms with Crippen molar-refractivity contribution in [2.45, 2.75) is 44.7 Å². The normalized spacial score (nSPS) is 19.5. The number of benzene rings is 1. The average molecular weight is 386 g/mol. The first-order chi connectivity index (χ1) is 13.7. The molecule has 1 heterocycles. The number of carbonyl (C=O) groups excluding carboxylic acids is 1. The molecule has 0 bridgehead atoms. The topological polar surface area (TPSA) is 54.0 Å². The Kier molecular flexibility index (Phi) is 9.69. The minimum Gasteiger partial charge on any atom is -0.497 e. The maximum absolute atomic E-state index is 10.6. The Balaban J connectivity index is 2.01. The summed E-state index contributed by atoms with van der Waals surface area (Å²) in [5.74, 6) is 0.809. The van der Waals surface area contributed by atoms with Gasteiger partial charge < -0.3 is 18.9 Å². The molecule has 1 aromatic rings. The highest BCUT2D eigenvalue weighted by Gasteiger charge is 2.20. The predicted octanol–water partition coefficient (Wildman–Crippen LogP) is 4.03. The van der Waals surface area contributed by atoms with Gasteiger partial charge >= 0.3 is 0 Å². The van der Waals surface area contributed by atoms with Crippen LogP contribution in [-0.2, 0) is 25.6 Å². The van der Waals surface area contributed by atoms with E-state index >= 15 is 0 Å². The van der Waals surface area contributed by atoms with Crippen molar-refractivity contribution in [3.8, 4) is 5.75 Å². The molecule has 0 saturated heterocycles. The fraction of sp³-hybridized carbons (Fsp3) is 0.435. The molecular weight excluding hydrogens is 356 g/mol. The molecule has 28 heavy (non-hydrogen) atoms. The molecule has 1 aromatic carbocycles. The Morgan fingerprint density at radius 1 is 1.25 bits per heavy atom.